The SMILES string of the molecule is CCNCc1ccc(N(C)CC(C)(C)O)cc1C. The Labute approximate surface area is 111 Å². The molecule has 1 rings (SSSR count). The number of nitrogens with one attached hydrogen (secondary N) is 1. The molecular formula is C15H26N2O. The van der Waals surface area contributed by atoms with Crippen molar-refractivity contribution in [3.63, 3.8) is 0 Å². The molecule has 0 bridgehead atoms. The molecular weight excluding hydrogens is 224 g/mol. The highest BCUT2D eigenvalue weighted by Gasteiger charge is 2.16. The van der Waals surface area contributed by atoms with Crippen LogP contribution in [0.2, 0.25) is 0 Å². The Bertz CT molecular complexity index is 383. The first-order chi connectivity index (χ1) is 8.33. The number of hydrogen-bond donors (Lipinski definition) is 2. The molecule has 3 nitrogen and oxygen atoms in total. The van der Waals surface area contributed by atoms with E-state index in [9.17, 15) is 5.11 Å². The van der Waals surface area contributed by atoms with Crippen LogP contribution in [-0.4, -0.2) is 30.8 Å². The minimum absolute atomic E-state index is 0.624. The summed E-state index contributed by atoms with van der Waals surface area (Å²) in [5.41, 5.74) is 3.09. The van der Waals surface area contributed by atoms with Crippen LogP contribution in [0.3, 0.4) is 0 Å². The number of aryl methyl sites for hydroxylation is 1. The third-order valence-corrected chi connectivity index (χ3v) is 2.96. The zero-order valence-electron chi connectivity index (χ0n) is 12.2. The van der Waals surface area contributed by atoms with E-state index >= 15 is 0 Å². The Morgan fingerprint density at radius 2 is 2.00 bits per heavy atom. The van der Waals surface area contributed by atoms with E-state index in [1.807, 2.05) is 20.9 Å². The average molecular weight is 250 g/mol. The number of benzene rings is 1. The molecule has 2 N–H and O–H groups in total. The molecule has 0 aliphatic rings. The lowest BCUT2D eigenvalue weighted by molar-refractivity contribution is 0.0886. The molecule has 1 aromatic rings. The Hall–Kier alpha value is -1.06. The third kappa shape index (κ3) is 4.67. The van der Waals surface area contributed by atoms with Gasteiger partial charge in [0, 0.05) is 25.8 Å². The summed E-state index contributed by atoms with van der Waals surface area (Å²) in [6.45, 7) is 10.4. The molecule has 0 aliphatic carbocycles. The molecule has 102 valence electrons. The first-order valence-corrected chi connectivity index (χ1v) is 6.57. The number of aliphatic hydroxyl groups is 1. The van der Waals surface area contributed by atoms with Gasteiger partial charge in [0.2, 0.25) is 0 Å². The van der Waals surface area contributed by atoms with Crippen molar-refractivity contribution in [2.45, 2.75) is 39.8 Å². The van der Waals surface area contributed by atoms with Crippen LogP contribution in [0.15, 0.2) is 18.2 Å². The van der Waals surface area contributed by atoms with Crippen LogP contribution in [0.5, 0.6) is 0 Å². The quantitative estimate of drug-likeness (QED) is 0.813. The number of nitrogens with zero attached hydrogens (tertiary/aromatic N) is 1. The maximum atomic E-state index is 9.84. The van der Waals surface area contributed by atoms with E-state index in [-0.39, 0.29) is 0 Å². The van der Waals surface area contributed by atoms with Gasteiger partial charge in [-0.3, -0.25) is 0 Å². The molecule has 0 aliphatic heterocycles. The second-order valence-electron chi connectivity index (χ2n) is 5.56. The zero-order chi connectivity index (χ0) is 13.8. The summed E-state index contributed by atoms with van der Waals surface area (Å²) in [4.78, 5) is 2.09. The summed E-state index contributed by atoms with van der Waals surface area (Å²) in [7, 11) is 2.01. The lowest BCUT2D eigenvalue weighted by Gasteiger charge is -2.27. The standard InChI is InChI=1S/C15H26N2O/c1-6-16-10-13-7-8-14(9-12(13)2)17(5)11-15(3,4)18/h7-9,16,18H,6,10-11H2,1-5H3. The van der Waals surface area contributed by atoms with Gasteiger partial charge in [-0.05, 0) is 50.6 Å². The summed E-state index contributed by atoms with van der Waals surface area (Å²) < 4.78 is 0. The van der Waals surface area contributed by atoms with Gasteiger partial charge in [0.25, 0.3) is 0 Å². The Morgan fingerprint density at radius 3 is 2.50 bits per heavy atom. The van der Waals surface area contributed by atoms with Gasteiger partial charge in [-0.25, -0.2) is 0 Å². The first-order valence-electron chi connectivity index (χ1n) is 6.57. The van der Waals surface area contributed by atoms with E-state index in [4.69, 9.17) is 0 Å². The zero-order valence-corrected chi connectivity index (χ0v) is 12.2. The second-order valence-corrected chi connectivity index (χ2v) is 5.56. The normalized spacial score (nSPS) is 11.7. The predicted molar refractivity (Wildman–Crippen MR) is 78.1 cm³/mol. The van der Waals surface area contributed by atoms with Crippen LogP contribution in [0.1, 0.15) is 31.9 Å². The molecule has 0 unspecified atom stereocenters. The van der Waals surface area contributed by atoms with Gasteiger partial charge in [-0.2, -0.15) is 0 Å². The van der Waals surface area contributed by atoms with Crippen molar-refractivity contribution in [3.05, 3.63) is 29.3 Å². The number of hydrogen-bond acceptors (Lipinski definition) is 3. The van der Waals surface area contributed by atoms with Crippen LogP contribution in [-0.2, 0) is 6.54 Å². The van der Waals surface area contributed by atoms with Crippen LogP contribution in [0, 0.1) is 6.92 Å². The minimum atomic E-state index is -0.676. The van der Waals surface area contributed by atoms with Gasteiger partial charge in [0.15, 0.2) is 0 Å². The van der Waals surface area contributed by atoms with Crippen LogP contribution in [0.4, 0.5) is 5.69 Å². The van der Waals surface area contributed by atoms with E-state index in [2.05, 4.69) is 42.3 Å². The number of anilines is 1. The molecule has 0 saturated heterocycles. The van der Waals surface area contributed by atoms with Crippen molar-refractivity contribution in [1.29, 1.82) is 0 Å². The number of likely N-dealkylation sites (N-methyl/N-ethyl adjacent to an activating group) is 1. The van der Waals surface area contributed by atoms with Crippen molar-refractivity contribution in [2.24, 2.45) is 0 Å². The molecule has 0 fully saturated rings. The lowest BCUT2D eigenvalue weighted by Crippen LogP contribution is -2.36. The average Bonchev–Trinajstić information content (AvgIpc) is 2.25. The highest BCUT2D eigenvalue weighted by molar-refractivity contribution is 5.50. The highest BCUT2D eigenvalue weighted by atomic mass is 16.3. The molecule has 18 heavy (non-hydrogen) atoms. The molecule has 0 heterocycles. The predicted octanol–water partition coefficient (Wildman–Crippen LogP) is 2.31. The molecule has 3 heteroatoms. The Morgan fingerprint density at radius 1 is 1.33 bits per heavy atom. The van der Waals surface area contributed by atoms with Crippen LogP contribution < -0.4 is 10.2 Å². The summed E-state index contributed by atoms with van der Waals surface area (Å²) >= 11 is 0. The van der Waals surface area contributed by atoms with E-state index in [1.54, 1.807) is 0 Å². The van der Waals surface area contributed by atoms with Gasteiger partial charge in [-0.15, -0.1) is 0 Å². The molecule has 0 atom stereocenters. The van der Waals surface area contributed by atoms with E-state index in [0.29, 0.717) is 6.54 Å². The van der Waals surface area contributed by atoms with Gasteiger partial charge < -0.3 is 15.3 Å². The molecule has 0 aromatic heterocycles. The van der Waals surface area contributed by atoms with Crippen molar-refractivity contribution >= 4 is 5.69 Å². The Kier molecular flexibility index (Phi) is 5.17. The van der Waals surface area contributed by atoms with Crippen molar-refractivity contribution in [1.82, 2.24) is 5.32 Å². The summed E-state index contributed by atoms with van der Waals surface area (Å²) in [5.74, 6) is 0. The molecule has 0 amide bonds. The van der Waals surface area contributed by atoms with Gasteiger partial charge in [0.1, 0.15) is 0 Å². The van der Waals surface area contributed by atoms with Crippen LogP contribution >= 0.6 is 0 Å². The van der Waals surface area contributed by atoms with Gasteiger partial charge >= 0.3 is 0 Å². The summed E-state index contributed by atoms with van der Waals surface area (Å²) in [5, 5.41) is 13.2. The molecule has 0 spiro atoms. The maximum Gasteiger partial charge on any atom is 0.0765 e. The minimum Gasteiger partial charge on any atom is -0.389 e. The maximum absolute atomic E-state index is 9.84. The van der Waals surface area contributed by atoms with Crippen LogP contribution in [0.25, 0.3) is 0 Å². The summed E-state index contributed by atoms with van der Waals surface area (Å²) in [6.07, 6.45) is 0. The van der Waals surface area contributed by atoms with E-state index in [1.165, 1.54) is 11.1 Å². The third-order valence-electron chi connectivity index (χ3n) is 2.96. The first kappa shape index (κ1) is 15.0. The fraction of sp³-hybridized carbons (Fsp3) is 0.600. The molecule has 1 aromatic carbocycles. The largest absolute Gasteiger partial charge is 0.389 e. The lowest BCUT2D eigenvalue weighted by atomic mass is 10.1. The second kappa shape index (κ2) is 6.21. The van der Waals surface area contributed by atoms with Crippen molar-refractivity contribution in [2.75, 3.05) is 25.0 Å². The van der Waals surface area contributed by atoms with Gasteiger partial charge in [-0.1, -0.05) is 13.0 Å². The molecule has 0 saturated carbocycles. The molecule has 0 radical (unpaired) electrons. The van der Waals surface area contributed by atoms with E-state index in [0.717, 1.165) is 18.8 Å². The monoisotopic (exact) mass is 250 g/mol. The Balaban J connectivity index is 2.77. The number of rotatable bonds is 6. The topological polar surface area (TPSA) is 35.5 Å². The van der Waals surface area contributed by atoms with E-state index < -0.39 is 5.60 Å². The van der Waals surface area contributed by atoms with Gasteiger partial charge in [0.05, 0.1) is 5.60 Å². The van der Waals surface area contributed by atoms with Crippen molar-refractivity contribution < 1.29 is 5.11 Å². The van der Waals surface area contributed by atoms with Crippen molar-refractivity contribution in [3.8, 4) is 0 Å². The summed E-state index contributed by atoms with van der Waals surface area (Å²) in [6, 6.07) is 6.46. The fourth-order valence-corrected chi connectivity index (χ4v) is 2.05. The smallest absolute Gasteiger partial charge is 0.0765 e. The highest BCUT2D eigenvalue weighted by Crippen LogP contribution is 2.20. The fourth-order valence-electron chi connectivity index (χ4n) is 2.05.